The van der Waals surface area contributed by atoms with Gasteiger partial charge in [0.25, 0.3) is 0 Å². The summed E-state index contributed by atoms with van der Waals surface area (Å²) < 4.78 is 0. The summed E-state index contributed by atoms with van der Waals surface area (Å²) in [4.78, 5) is 11.3. The lowest BCUT2D eigenvalue weighted by Crippen LogP contribution is -2.56. The molecule has 1 aliphatic rings. The monoisotopic (exact) mass is 231 g/mol. The number of rotatable bonds is 5. The van der Waals surface area contributed by atoms with Crippen LogP contribution in [0.1, 0.15) is 33.6 Å². The zero-order chi connectivity index (χ0) is 11.5. The van der Waals surface area contributed by atoms with Gasteiger partial charge in [-0.2, -0.15) is 11.8 Å². The molecule has 0 aromatic carbocycles. The lowest BCUT2D eigenvalue weighted by molar-refractivity contribution is -0.144. The second kappa shape index (κ2) is 5.21. The van der Waals surface area contributed by atoms with E-state index in [0.717, 1.165) is 18.6 Å². The molecule has 0 bridgehead atoms. The van der Waals surface area contributed by atoms with E-state index >= 15 is 0 Å². The van der Waals surface area contributed by atoms with Crippen molar-refractivity contribution in [1.29, 1.82) is 0 Å². The Morgan fingerprint density at radius 1 is 1.60 bits per heavy atom. The number of carboxylic acids is 1. The minimum Gasteiger partial charge on any atom is -0.480 e. The van der Waals surface area contributed by atoms with Crippen LogP contribution >= 0.6 is 11.8 Å². The molecule has 0 aromatic heterocycles. The van der Waals surface area contributed by atoms with Crippen LogP contribution < -0.4 is 5.32 Å². The summed E-state index contributed by atoms with van der Waals surface area (Å²) in [7, 11) is 0. The third-order valence-electron chi connectivity index (χ3n) is 3.43. The molecular formula is C11H21NO2S. The van der Waals surface area contributed by atoms with Gasteiger partial charge in [-0.25, -0.2) is 0 Å². The largest absolute Gasteiger partial charge is 0.480 e. The third kappa shape index (κ3) is 2.88. The van der Waals surface area contributed by atoms with Crippen molar-refractivity contribution in [2.45, 2.75) is 45.2 Å². The van der Waals surface area contributed by atoms with Gasteiger partial charge in [-0.3, -0.25) is 10.1 Å². The molecule has 3 atom stereocenters. The highest BCUT2D eigenvalue weighted by atomic mass is 32.2. The van der Waals surface area contributed by atoms with Crippen LogP contribution in [0, 0.1) is 5.92 Å². The molecule has 1 heterocycles. The molecule has 1 rings (SSSR count). The average molecular weight is 231 g/mol. The minimum atomic E-state index is -0.692. The molecule has 1 saturated heterocycles. The molecule has 4 heteroatoms. The Morgan fingerprint density at radius 2 is 2.27 bits per heavy atom. The number of nitrogens with one attached hydrogen (secondary N) is 1. The van der Waals surface area contributed by atoms with Gasteiger partial charge in [-0.1, -0.05) is 20.3 Å². The predicted octanol–water partition coefficient (Wildman–Crippen LogP) is 1.97. The summed E-state index contributed by atoms with van der Waals surface area (Å²) >= 11 is 1.73. The summed E-state index contributed by atoms with van der Waals surface area (Å²) in [6.07, 6.45) is 1.82. The molecule has 0 amide bonds. The van der Waals surface area contributed by atoms with Gasteiger partial charge in [0.15, 0.2) is 0 Å². The first-order chi connectivity index (χ1) is 7.02. The molecule has 15 heavy (non-hydrogen) atoms. The Kier molecular flexibility index (Phi) is 4.46. The van der Waals surface area contributed by atoms with Gasteiger partial charge >= 0.3 is 5.97 Å². The molecule has 3 unspecified atom stereocenters. The van der Waals surface area contributed by atoms with E-state index in [4.69, 9.17) is 0 Å². The summed E-state index contributed by atoms with van der Waals surface area (Å²) in [6.45, 7) is 6.39. The zero-order valence-electron chi connectivity index (χ0n) is 9.75. The van der Waals surface area contributed by atoms with E-state index < -0.39 is 11.5 Å². The number of thioether (sulfide) groups is 1. The topological polar surface area (TPSA) is 49.3 Å². The first-order valence-corrected chi connectivity index (χ1v) is 6.76. The summed E-state index contributed by atoms with van der Waals surface area (Å²) in [5.41, 5.74) is -0.673. The van der Waals surface area contributed by atoms with Crippen molar-refractivity contribution >= 4 is 17.7 Å². The Morgan fingerprint density at radius 3 is 2.67 bits per heavy atom. The van der Waals surface area contributed by atoms with E-state index in [2.05, 4.69) is 26.1 Å². The van der Waals surface area contributed by atoms with Crippen molar-refractivity contribution < 1.29 is 9.90 Å². The standard InChI is InChI=1S/C11H21NO2S/c1-4-8(2)9(3)12-11(10(13)14)5-6-15-7-11/h8-9,12H,4-7H2,1-3H3,(H,13,14). The van der Waals surface area contributed by atoms with E-state index in [-0.39, 0.29) is 6.04 Å². The van der Waals surface area contributed by atoms with Gasteiger partial charge in [0.05, 0.1) is 0 Å². The van der Waals surface area contributed by atoms with Crippen LogP contribution in [-0.2, 0) is 4.79 Å². The van der Waals surface area contributed by atoms with Crippen LogP contribution in [0.2, 0.25) is 0 Å². The highest BCUT2D eigenvalue weighted by Gasteiger charge is 2.42. The van der Waals surface area contributed by atoms with Gasteiger partial charge in [0, 0.05) is 11.8 Å². The zero-order valence-corrected chi connectivity index (χ0v) is 10.6. The predicted molar refractivity (Wildman–Crippen MR) is 64.4 cm³/mol. The Bertz CT molecular complexity index is 227. The third-order valence-corrected chi connectivity index (χ3v) is 4.62. The summed E-state index contributed by atoms with van der Waals surface area (Å²) in [6, 6.07) is 0.268. The fourth-order valence-electron chi connectivity index (χ4n) is 1.84. The molecule has 3 nitrogen and oxygen atoms in total. The number of carboxylic acid groups (broad SMARTS) is 1. The molecule has 2 N–H and O–H groups in total. The number of hydrogen-bond donors (Lipinski definition) is 2. The number of hydrogen-bond acceptors (Lipinski definition) is 3. The normalized spacial score (nSPS) is 30.1. The fraction of sp³-hybridized carbons (Fsp3) is 0.909. The van der Waals surface area contributed by atoms with Crippen LogP contribution in [0.15, 0.2) is 0 Å². The lowest BCUT2D eigenvalue weighted by atomic mass is 9.93. The van der Waals surface area contributed by atoms with E-state index in [1.807, 2.05) is 0 Å². The maximum Gasteiger partial charge on any atom is 0.324 e. The maximum atomic E-state index is 11.3. The first kappa shape index (κ1) is 12.8. The molecule has 0 aliphatic carbocycles. The first-order valence-electron chi connectivity index (χ1n) is 5.60. The smallest absolute Gasteiger partial charge is 0.324 e. The minimum absolute atomic E-state index is 0.268. The van der Waals surface area contributed by atoms with E-state index in [0.29, 0.717) is 11.7 Å². The SMILES string of the molecule is CCC(C)C(C)NC1(C(=O)O)CCSC1. The Balaban J connectivity index is 2.63. The van der Waals surface area contributed by atoms with Crippen molar-refractivity contribution in [2.24, 2.45) is 5.92 Å². The van der Waals surface area contributed by atoms with Crippen molar-refractivity contribution in [3.05, 3.63) is 0 Å². The van der Waals surface area contributed by atoms with Crippen LogP contribution in [0.25, 0.3) is 0 Å². The molecule has 0 aromatic rings. The van der Waals surface area contributed by atoms with Crippen molar-refractivity contribution in [3.8, 4) is 0 Å². The average Bonchev–Trinajstić information content (AvgIpc) is 2.66. The highest BCUT2D eigenvalue weighted by Crippen LogP contribution is 2.29. The van der Waals surface area contributed by atoms with E-state index in [9.17, 15) is 9.90 Å². The second-order valence-electron chi connectivity index (χ2n) is 4.51. The molecular weight excluding hydrogens is 210 g/mol. The van der Waals surface area contributed by atoms with Crippen molar-refractivity contribution in [2.75, 3.05) is 11.5 Å². The van der Waals surface area contributed by atoms with Crippen molar-refractivity contribution in [3.63, 3.8) is 0 Å². The van der Waals surface area contributed by atoms with Gasteiger partial charge in [-0.05, 0) is 25.0 Å². The van der Waals surface area contributed by atoms with Gasteiger partial charge in [0.1, 0.15) is 5.54 Å². The van der Waals surface area contributed by atoms with Crippen LogP contribution in [0.3, 0.4) is 0 Å². The molecule has 0 saturated carbocycles. The maximum absolute atomic E-state index is 11.3. The quantitative estimate of drug-likeness (QED) is 0.759. The van der Waals surface area contributed by atoms with E-state index in [1.165, 1.54) is 0 Å². The highest BCUT2D eigenvalue weighted by molar-refractivity contribution is 7.99. The molecule has 1 fully saturated rings. The van der Waals surface area contributed by atoms with Crippen LogP contribution in [-0.4, -0.2) is 34.2 Å². The van der Waals surface area contributed by atoms with Crippen molar-refractivity contribution in [1.82, 2.24) is 5.32 Å². The van der Waals surface area contributed by atoms with Crippen LogP contribution in [0.5, 0.6) is 0 Å². The summed E-state index contributed by atoms with van der Waals surface area (Å²) in [5.74, 6) is 1.48. The van der Waals surface area contributed by atoms with Gasteiger partial charge in [-0.15, -0.1) is 0 Å². The summed E-state index contributed by atoms with van der Waals surface area (Å²) in [5, 5.41) is 12.6. The van der Waals surface area contributed by atoms with Gasteiger partial charge < -0.3 is 5.11 Å². The lowest BCUT2D eigenvalue weighted by Gasteiger charge is -2.31. The fourth-order valence-corrected chi connectivity index (χ4v) is 3.18. The second-order valence-corrected chi connectivity index (χ2v) is 5.61. The molecule has 0 radical (unpaired) electrons. The Hall–Kier alpha value is -0.220. The number of carbonyl (C=O) groups is 1. The van der Waals surface area contributed by atoms with E-state index in [1.54, 1.807) is 11.8 Å². The molecule has 0 spiro atoms. The van der Waals surface area contributed by atoms with Gasteiger partial charge in [0.2, 0.25) is 0 Å². The molecule has 88 valence electrons. The number of aliphatic carboxylic acids is 1. The Labute approximate surface area is 96.0 Å². The van der Waals surface area contributed by atoms with Crippen LogP contribution in [0.4, 0.5) is 0 Å². The molecule has 1 aliphatic heterocycles.